The molecule has 120 valence electrons. The van der Waals surface area contributed by atoms with E-state index in [1.165, 1.54) is 4.31 Å². The van der Waals surface area contributed by atoms with Crippen LogP contribution in [0.25, 0.3) is 0 Å². The maximum Gasteiger partial charge on any atom is 0.242 e. The summed E-state index contributed by atoms with van der Waals surface area (Å²) in [7, 11) is -1.89. The molecule has 0 saturated carbocycles. The van der Waals surface area contributed by atoms with Gasteiger partial charge in [0.25, 0.3) is 0 Å². The lowest BCUT2D eigenvalue weighted by Gasteiger charge is -2.19. The Morgan fingerprint density at radius 3 is 2.67 bits per heavy atom. The third-order valence-corrected chi connectivity index (χ3v) is 5.18. The molecule has 0 amide bonds. The van der Waals surface area contributed by atoms with E-state index in [0.29, 0.717) is 24.7 Å². The molecule has 0 aliphatic carbocycles. The summed E-state index contributed by atoms with van der Waals surface area (Å²) in [6.07, 6.45) is 0. The van der Waals surface area contributed by atoms with E-state index in [2.05, 4.69) is 5.32 Å². The molecule has 1 aromatic carbocycles. The highest BCUT2D eigenvalue weighted by Crippen LogP contribution is 2.19. The monoisotopic (exact) mass is 314 g/mol. The Balaban J connectivity index is 2.90. The predicted molar refractivity (Wildman–Crippen MR) is 84.8 cm³/mol. The van der Waals surface area contributed by atoms with Crippen LogP contribution in [0.1, 0.15) is 32.4 Å². The minimum absolute atomic E-state index is 0.124. The molecule has 1 N–H and O–H groups in total. The summed E-state index contributed by atoms with van der Waals surface area (Å²) in [6.45, 7) is 8.12. The molecule has 0 radical (unpaired) electrons. The van der Waals surface area contributed by atoms with E-state index < -0.39 is 10.0 Å². The molecule has 0 heterocycles. The van der Waals surface area contributed by atoms with Crippen LogP contribution in [0.4, 0.5) is 0 Å². The van der Waals surface area contributed by atoms with Crippen molar-refractivity contribution < 1.29 is 13.2 Å². The highest BCUT2D eigenvalue weighted by atomic mass is 32.2. The summed E-state index contributed by atoms with van der Waals surface area (Å²) in [5.74, 6) is 0. The topological polar surface area (TPSA) is 58.6 Å². The zero-order valence-electron chi connectivity index (χ0n) is 13.3. The molecule has 1 aromatic rings. The second-order valence-corrected chi connectivity index (χ2v) is 6.92. The first-order valence-corrected chi connectivity index (χ1v) is 8.74. The van der Waals surface area contributed by atoms with Crippen LogP contribution in [0, 0.1) is 0 Å². The molecule has 0 aliphatic heterocycles. The van der Waals surface area contributed by atoms with Gasteiger partial charge in [-0.25, -0.2) is 8.42 Å². The first kappa shape index (κ1) is 18.1. The van der Waals surface area contributed by atoms with Gasteiger partial charge in [0.15, 0.2) is 0 Å². The van der Waals surface area contributed by atoms with Gasteiger partial charge < -0.3 is 10.1 Å². The fourth-order valence-corrected chi connectivity index (χ4v) is 3.22. The van der Waals surface area contributed by atoms with Crippen LogP contribution >= 0.6 is 0 Å². The molecule has 6 heteroatoms. The van der Waals surface area contributed by atoms with E-state index in [9.17, 15) is 8.42 Å². The van der Waals surface area contributed by atoms with Crippen molar-refractivity contribution in [2.45, 2.75) is 31.7 Å². The molecule has 0 aliphatic rings. The van der Waals surface area contributed by atoms with Crippen LogP contribution in [-0.2, 0) is 14.8 Å². The third-order valence-electron chi connectivity index (χ3n) is 3.33. The highest BCUT2D eigenvalue weighted by Gasteiger charge is 2.21. The molecule has 0 aromatic heterocycles. The number of likely N-dealkylation sites (N-methyl/N-ethyl adjacent to an activating group) is 1. The number of rotatable bonds is 9. The minimum atomic E-state index is -3.46. The van der Waals surface area contributed by atoms with Gasteiger partial charge >= 0.3 is 0 Å². The van der Waals surface area contributed by atoms with Crippen molar-refractivity contribution in [3.63, 3.8) is 0 Å². The van der Waals surface area contributed by atoms with Crippen molar-refractivity contribution in [2.24, 2.45) is 0 Å². The first-order valence-electron chi connectivity index (χ1n) is 7.30. The number of benzene rings is 1. The van der Waals surface area contributed by atoms with Crippen molar-refractivity contribution in [2.75, 3.05) is 33.4 Å². The molecule has 0 spiro atoms. The Kier molecular flexibility index (Phi) is 7.31. The van der Waals surface area contributed by atoms with Crippen LogP contribution in [0.5, 0.6) is 0 Å². The van der Waals surface area contributed by atoms with Gasteiger partial charge in [0.2, 0.25) is 10.0 Å². The maximum atomic E-state index is 12.5. The summed E-state index contributed by atoms with van der Waals surface area (Å²) >= 11 is 0. The number of hydrogen-bond acceptors (Lipinski definition) is 4. The largest absolute Gasteiger partial charge is 0.380 e. The van der Waals surface area contributed by atoms with Crippen LogP contribution < -0.4 is 5.32 Å². The van der Waals surface area contributed by atoms with Crippen molar-refractivity contribution in [1.82, 2.24) is 9.62 Å². The number of nitrogens with zero attached hydrogens (tertiary/aromatic N) is 1. The van der Waals surface area contributed by atoms with E-state index in [1.807, 2.05) is 26.8 Å². The number of hydrogen-bond donors (Lipinski definition) is 1. The number of sulfonamides is 1. The van der Waals surface area contributed by atoms with Crippen LogP contribution in [0.15, 0.2) is 29.2 Å². The summed E-state index contributed by atoms with van der Waals surface area (Å²) in [4.78, 5) is 0.323. The maximum absolute atomic E-state index is 12.5. The van der Waals surface area contributed by atoms with Crippen molar-refractivity contribution in [1.29, 1.82) is 0 Å². The summed E-state index contributed by atoms with van der Waals surface area (Å²) < 4.78 is 31.6. The van der Waals surface area contributed by atoms with Gasteiger partial charge in [0.05, 0.1) is 11.5 Å². The fraction of sp³-hybridized carbons (Fsp3) is 0.600. The normalized spacial score (nSPS) is 13.6. The van der Waals surface area contributed by atoms with E-state index >= 15 is 0 Å². The lowest BCUT2D eigenvalue weighted by molar-refractivity contribution is 0.138. The second-order valence-electron chi connectivity index (χ2n) is 4.88. The molecule has 1 unspecified atom stereocenters. The Bertz CT molecular complexity index is 531. The van der Waals surface area contributed by atoms with Gasteiger partial charge in [-0.05, 0) is 38.1 Å². The Labute approximate surface area is 128 Å². The van der Waals surface area contributed by atoms with Gasteiger partial charge in [-0.15, -0.1) is 0 Å². The van der Waals surface area contributed by atoms with E-state index in [-0.39, 0.29) is 6.04 Å². The van der Waals surface area contributed by atoms with Gasteiger partial charge in [0, 0.05) is 26.2 Å². The van der Waals surface area contributed by atoms with Crippen molar-refractivity contribution in [3.05, 3.63) is 29.8 Å². The molecule has 0 bridgehead atoms. The van der Waals surface area contributed by atoms with Gasteiger partial charge in [0.1, 0.15) is 0 Å². The molecule has 0 saturated heterocycles. The Morgan fingerprint density at radius 2 is 2.05 bits per heavy atom. The third kappa shape index (κ3) is 5.07. The van der Waals surface area contributed by atoms with E-state index in [1.54, 1.807) is 25.2 Å². The van der Waals surface area contributed by atoms with Crippen molar-refractivity contribution in [3.8, 4) is 0 Å². The molecular weight excluding hydrogens is 288 g/mol. The fourth-order valence-electron chi connectivity index (χ4n) is 2.01. The lowest BCUT2D eigenvalue weighted by Crippen LogP contribution is -2.30. The van der Waals surface area contributed by atoms with Gasteiger partial charge in [-0.1, -0.05) is 19.1 Å². The molecule has 0 fully saturated rings. The van der Waals surface area contributed by atoms with Crippen LogP contribution in [0.3, 0.4) is 0 Å². The molecule has 1 rings (SSSR count). The van der Waals surface area contributed by atoms with E-state index in [0.717, 1.165) is 12.1 Å². The smallest absolute Gasteiger partial charge is 0.242 e. The van der Waals surface area contributed by atoms with Gasteiger partial charge in [-0.3, -0.25) is 0 Å². The Hall–Kier alpha value is -0.950. The molecular formula is C15H26N2O3S. The predicted octanol–water partition coefficient (Wildman–Crippen LogP) is 2.01. The van der Waals surface area contributed by atoms with Crippen LogP contribution in [-0.4, -0.2) is 46.1 Å². The molecule has 1 atom stereocenters. The quantitative estimate of drug-likeness (QED) is 0.709. The first-order chi connectivity index (χ1) is 9.93. The van der Waals surface area contributed by atoms with Crippen LogP contribution in [0.2, 0.25) is 0 Å². The standard InChI is InChI=1S/C15H26N2O3S/c1-5-16-13(3)14-8-7-9-15(12-14)21(18,19)17(4)10-11-20-6-2/h7-9,12-13,16H,5-6,10-11H2,1-4H3. The lowest BCUT2D eigenvalue weighted by atomic mass is 10.1. The summed E-state index contributed by atoms with van der Waals surface area (Å²) in [5, 5.41) is 3.28. The minimum Gasteiger partial charge on any atom is -0.380 e. The van der Waals surface area contributed by atoms with Gasteiger partial charge in [-0.2, -0.15) is 4.31 Å². The molecule has 5 nitrogen and oxygen atoms in total. The second kappa shape index (κ2) is 8.48. The SMILES string of the molecule is CCNC(C)c1cccc(S(=O)(=O)N(C)CCOCC)c1. The Morgan fingerprint density at radius 1 is 1.33 bits per heavy atom. The van der Waals surface area contributed by atoms with E-state index in [4.69, 9.17) is 4.74 Å². The summed E-state index contributed by atoms with van der Waals surface area (Å²) in [6, 6.07) is 7.21. The average molecular weight is 314 g/mol. The summed E-state index contributed by atoms with van der Waals surface area (Å²) in [5.41, 5.74) is 0.969. The zero-order chi connectivity index (χ0) is 15.9. The highest BCUT2D eigenvalue weighted by molar-refractivity contribution is 7.89. The number of nitrogens with one attached hydrogen (secondary N) is 1. The number of ether oxygens (including phenoxy) is 1. The molecule has 21 heavy (non-hydrogen) atoms. The zero-order valence-corrected chi connectivity index (χ0v) is 14.1. The van der Waals surface area contributed by atoms with Crippen molar-refractivity contribution >= 4 is 10.0 Å². The average Bonchev–Trinajstić information content (AvgIpc) is 2.47.